The first kappa shape index (κ1) is 17.8. The lowest BCUT2D eigenvalue weighted by atomic mass is 10.2. The molecule has 2 aromatic rings. The van der Waals surface area contributed by atoms with Gasteiger partial charge in [-0.2, -0.15) is 0 Å². The minimum Gasteiger partial charge on any atom is -0.491 e. The minimum atomic E-state index is -0.638. The SMILES string of the molecule is COC(=O)c1cc(Cl)ccc1OC(=O)c1ccc(OC(C)C)cc1. The molecule has 0 fully saturated rings. The van der Waals surface area contributed by atoms with Crippen LogP contribution in [0.2, 0.25) is 5.02 Å². The zero-order valence-corrected chi connectivity index (χ0v) is 14.3. The number of benzene rings is 2. The van der Waals surface area contributed by atoms with Gasteiger partial charge in [0.2, 0.25) is 0 Å². The van der Waals surface area contributed by atoms with Crippen molar-refractivity contribution in [2.75, 3.05) is 7.11 Å². The van der Waals surface area contributed by atoms with Crippen molar-refractivity contribution >= 4 is 23.5 Å². The molecule has 0 aromatic heterocycles. The summed E-state index contributed by atoms with van der Waals surface area (Å²) in [5.41, 5.74) is 0.412. The van der Waals surface area contributed by atoms with E-state index in [1.807, 2.05) is 13.8 Å². The summed E-state index contributed by atoms with van der Waals surface area (Å²) in [6, 6.07) is 10.9. The highest BCUT2D eigenvalue weighted by Crippen LogP contribution is 2.25. The number of carbonyl (C=O) groups excluding carboxylic acids is 2. The lowest BCUT2D eigenvalue weighted by Gasteiger charge is -2.11. The second-order valence-corrected chi connectivity index (χ2v) is 5.65. The molecule has 2 aromatic carbocycles. The van der Waals surface area contributed by atoms with E-state index in [0.29, 0.717) is 16.3 Å². The Morgan fingerprint density at radius 2 is 1.67 bits per heavy atom. The van der Waals surface area contributed by atoms with Crippen LogP contribution in [0, 0.1) is 0 Å². The van der Waals surface area contributed by atoms with Crippen LogP contribution in [0.25, 0.3) is 0 Å². The number of hydrogen-bond acceptors (Lipinski definition) is 5. The zero-order valence-electron chi connectivity index (χ0n) is 13.5. The van der Waals surface area contributed by atoms with Crippen LogP contribution in [0.1, 0.15) is 34.6 Å². The van der Waals surface area contributed by atoms with Crippen molar-refractivity contribution in [1.82, 2.24) is 0 Å². The molecule has 0 unspecified atom stereocenters. The maximum atomic E-state index is 12.2. The highest BCUT2D eigenvalue weighted by Gasteiger charge is 2.17. The van der Waals surface area contributed by atoms with Gasteiger partial charge in [0.1, 0.15) is 17.1 Å². The molecule has 0 bridgehead atoms. The van der Waals surface area contributed by atoms with Crippen LogP contribution < -0.4 is 9.47 Å². The van der Waals surface area contributed by atoms with E-state index < -0.39 is 11.9 Å². The van der Waals surface area contributed by atoms with E-state index >= 15 is 0 Å². The summed E-state index contributed by atoms with van der Waals surface area (Å²) in [4.78, 5) is 24.0. The molecule has 0 aliphatic carbocycles. The van der Waals surface area contributed by atoms with E-state index in [1.165, 1.54) is 25.3 Å². The Morgan fingerprint density at radius 1 is 1.00 bits per heavy atom. The molecule has 0 atom stereocenters. The molecule has 0 radical (unpaired) electrons. The third kappa shape index (κ3) is 4.49. The molecule has 126 valence electrons. The smallest absolute Gasteiger partial charge is 0.343 e. The molecule has 0 amide bonds. The third-order valence-electron chi connectivity index (χ3n) is 3.01. The molecule has 5 nitrogen and oxygen atoms in total. The van der Waals surface area contributed by atoms with E-state index in [2.05, 4.69) is 4.74 Å². The van der Waals surface area contributed by atoms with Crippen molar-refractivity contribution in [1.29, 1.82) is 0 Å². The van der Waals surface area contributed by atoms with Gasteiger partial charge in [0.25, 0.3) is 0 Å². The van der Waals surface area contributed by atoms with Gasteiger partial charge in [0.15, 0.2) is 0 Å². The Hall–Kier alpha value is -2.53. The Morgan fingerprint density at radius 3 is 2.25 bits per heavy atom. The van der Waals surface area contributed by atoms with Gasteiger partial charge >= 0.3 is 11.9 Å². The molecule has 0 heterocycles. The van der Waals surface area contributed by atoms with Crippen LogP contribution in [0.3, 0.4) is 0 Å². The number of esters is 2. The van der Waals surface area contributed by atoms with Crippen molar-refractivity contribution < 1.29 is 23.8 Å². The lowest BCUT2D eigenvalue weighted by Crippen LogP contribution is -2.12. The van der Waals surface area contributed by atoms with Crippen molar-refractivity contribution in [2.24, 2.45) is 0 Å². The fraction of sp³-hybridized carbons (Fsp3) is 0.222. The largest absolute Gasteiger partial charge is 0.491 e. The van der Waals surface area contributed by atoms with Crippen LogP contribution in [0.4, 0.5) is 0 Å². The predicted molar refractivity (Wildman–Crippen MR) is 90.0 cm³/mol. The average molecular weight is 349 g/mol. The molecule has 0 saturated heterocycles. The fourth-order valence-electron chi connectivity index (χ4n) is 1.96. The summed E-state index contributed by atoms with van der Waals surface area (Å²) < 4.78 is 15.5. The van der Waals surface area contributed by atoms with Crippen molar-refractivity contribution in [3.05, 3.63) is 58.6 Å². The second kappa shape index (κ2) is 7.84. The van der Waals surface area contributed by atoms with Crippen molar-refractivity contribution in [2.45, 2.75) is 20.0 Å². The quantitative estimate of drug-likeness (QED) is 0.600. The number of carbonyl (C=O) groups is 2. The number of rotatable bonds is 5. The van der Waals surface area contributed by atoms with Crippen LogP contribution in [-0.2, 0) is 4.74 Å². The highest BCUT2D eigenvalue weighted by molar-refractivity contribution is 6.31. The van der Waals surface area contributed by atoms with Crippen LogP contribution in [-0.4, -0.2) is 25.2 Å². The van der Waals surface area contributed by atoms with Gasteiger partial charge in [-0.25, -0.2) is 9.59 Å². The van der Waals surface area contributed by atoms with Gasteiger partial charge < -0.3 is 14.2 Å². The summed E-state index contributed by atoms with van der Waals surface area (Å²) in [6.07, 6.45) is 0.0412. The Balaban J connectivity index is 2.19. The predicted octanol–water partition coefficient (Wildman–Crippen LogP) is 4.13. The average Bonchev–Trinajstić information content (AvgIpc) is 2.55. The number of hydrogen-bond donors (Lipinski definition) is 0. The van der Waals surface area contributed by atoms with E-state index in [9.17, 15) is 9.59 Å². The molecule has 0 aliphatic heterocycles. The Labute approximate surface area is 145 Å². The fourth-order valence-corrected chi connectivity index (χ4v) is 2.13. The summed E-state index contributed by atoms with van der Waals surface area (Å²) in [7, 11) is 1.24. The molecule has 0 saturated carbocycles. The van der Waals surface area contributed by atoms with Crippen LogP contribution in [0.15, 0.2) is 42.5 Å². The van der Waals surface area contributed by atoms with Gasteiger partial charge in [-0.05, 0) is 56.3 Å². The first-order valence-electron chi connectivity index (χ1n) is 7.27. The van der Waals surface area contributed by atoms with Crippen molar-refractivity contribution in [3.8, 4) is 11.5 Å². The zero-order chi connectivity index (χ0) is 17.7. The molecular weight excluding hydrogens is 332 g/mol. The Kier molecular flexibility index (Phi) is 5.82. The lowest BCUT2D eigenvalue weighted by molar-refractivity contribution is 0.0593. The van der Waals surface area contributed by atoms with Crippen LogP contribution in [0.5, 0.6) is 11.5 Å². The molecule has 0 aliphatic rings. The maximum Gasteiger partial charge on any atom is 0.343 e. The van der Waals surface area contributed by atoms with E-state index in [0.717, 1.165) is 0 Å². The minimum absolute atomic E-state index is 0.0412. The monoisotopic (exact) mass is 348 g/mol. The van der Waals surface area contributed by atoms with E-state index in [-0.39, 0.29) is 17.4 Å². The molecule has 24 heavy (non-hydrogen) atoms. The molecule has 2 rings (SSSR count). The van der Waals surface area contributed by atoms with Gasteiger partial charge in [-0.15, -0.1) is 0 Å². The molecule has 0 N–H and O–H groups in total. The molecule has 0 spiro atoms. The van der Waals surface area contributed by atoms with Gasteiger partial charge in [-0.1, -0.05) is 11.6 Å². The third-order valence-corrected chi connectivity index (χ3v) is 3.25. The first-order valence-corrected chi connectivity index (χ1v) is 7.65. The number of ether oxygens (including phenoxy) is 3. The normalized spacial score (nSPS) is 10.4. The maximum absolute atomic E-state index is 12.2. The van der Waals surface area contributed by atoms with E-state index in [1.54, 1.807) is 24.3 Å². The van der Waals surface area contributed by atoms with Gasteiger partial charge in [0, 0.05) is 5.02 Å². The summed E-state index contributed by atoms with van der Waals surface area (Å²) in [6.45, 7) is 3.83. The Bertz CT molecular complexity index is 738. The van der Waals surface area contributed by atoms with Crippen molar-refractivity contribution in [3.63, 3.8) is 0 Å². The molecule has 6 heteroatoms. The van der Waals surface area contributed by atoms with E-state index in [4.69, 9.17) is 21.1 Å². The summed E-state index contributed by atoms with van der Waals surface area (Å²) in [5.74, 6) is -0.499. The number of halogens is 1. The van der Waals surface area contributed by atoms with Gasteiger partial charge in [-0.3, -0.25) is 0 Å². The van der Waals surface area contributed by atoms with Crippen LogP contribution >= 0.6 is 11.6 Å². The van der Waals surface area contributed by atoms with Gasteiger partial charge in [0.05, 0.1) is 18.8 Å². The highest BCUT2D eigenvalue weighted by atomic mass is 35.5. The number of methoxy groups -OCH3 is 1. The summed E-state index contributed by atoms with van der Waals surface area (Å²) in [5, 5.41) is 0.338. The standard InChI is InChI=1S/C18H17ClO5/c1-11(2)23-14-7-4-12(5-8-14)17(20)24-16-9-6-13(19)10-15(16)18(21)22-3/h4-11H,1-3H3. The topological polar surface area (TPSA) is 61.8 Å². The summed E-state index contributed by atoms with van der Waals surface area (Å²) >= 11 is 5.87. The first-order chi connectivity index (χ1) is 11.4. The molecular formula is C18H17ClO5. The second-order valence-electron chi connectivity index (χ2n) is 5.21.